The second kappa shape index (κ2) is 12.0. The molecular weight excluding hydrogens is 475 g/mol. The Hall–Kier alpha value is -1.02. The fraction of sp³-hybridized carbons (Fsp3) is 0.696. The number of rotatable bonds is 8. The van der Waals surface area contributed by atoms with Crippen molar-refractivity contribution in [1.82, 2.24) is 15.5 Å². The Labute approximate surface area is 194 Å². The Morgan fingerprint density at radius 1 is 1.21 bits per heavy atom. The smallest absolute Gasteiger partial charge is 0.191 e. The SMILES string of the molecule is CN=C(NCc1ccc(C)cc1OCC1CC1)NCC1CCCN(C(C)C)C1.I. The van der Waals surface area contributed by atoms with Crippen molar-refractivity contribution < 1.29 is 4.74 Å². The number of guanidine groups is 1. The summed E-state index contributed by atoms with van der Waals surface area (Å²) in [7, 11) is 1.84. The normalized spacial score (nSPS) is 20.3. The van der Waals surface area contributed by atoms with Crippen molar-refractivity contribution in [2.75, 3.05) is 33.3 Å². The van der Waals surface area contributed by atoms with E-state index in [2.05, 4.69) is 59.5 Å². The van der Waals surface area contributed by atoms with E-state index in [-0.39, 0.29) is 24.0 Å². The zero-order valence-corrected chi connectivity index (χ0v) is 20.9. The first-order valence-electron chi connectivity index (χ1n) is 11.0. The summed E-state index contributed by atoms with van der Waals surface area (Å²) in [6.45, 7) is 11.7. The number of likely N-dealkylation sites (tertiary alicyclic amines) is 1. The van der Waals surface area contributed by atoms with E-state index in [1.807, 2.05) is 7.05 Å². The number of ether oxygens (including phenoxy) is 1. The Morgan fingerprint density at radius 3 is 2.69 bits per heavy atom. The molecule has 6 heteroatoms. The molecule has 1 aromatic rings. The van der Waals surface area contributed by atoms with Crippen molar-refractivity contribution in [2.24, 2.45) is 16.8 Å². The van der Waals surface area contributed by atoms with Gasteiger partial charge < -0.3 is 20.3 Å². The fourth-order valence-corrected chi connectivity index (χ4v) is 3.81. The highest BCUT2D eigenvalue weighted by atomic mass is 127. The van der Waals surface area contributed by atoms with Gasteiger partial charge in [-0.2, -0.15) is 0 Å². The lowest BCUT2D eigenvalue weighted by Gasteiger charge is -2.35. The lowest BCUT2D eigenvalue weighted by molar-refractivity contribution is 0.141. The Morgan fingerprint density at radius 2 is 2.00 bits per heavy atom. The molecule has 3 rings (SSSR count). The second-order valence-electron chi connectivity index (χ2n) is 8.77. The maximum Gasteiger partial charge on any atom is 0.191 e. The molecule has 0 bridgehead atoms. The van der Waals surface area contributed by atoms with Crippen LogP contribution in [0.4, 0.5) is 0 Å². The van der Waals surface area contributed by atoms with Crippen molar-refractivity contribution in [3.8, 4) is 5.75 Å². The first-order chi connectivity index (χ1) is 13.5. The van der Waals surface area contributed by atoms with Gasteiger partial charge in [0.2, 0.25) is 0 Å². The summed E-state index contributed by atoms with van der Waals surface area (Å²) >= 11 is 0. The topological polar surface area (TPSA) is 48.9 Å². The first-order valence-corrected chi connectivity index (χ1v) is 11.0. The van der Waals surface area contributed by atoms with E-state index in [1.165, 1.54) is 49.9 Å². The molecule has 1 saturated carbocycles. The van der Waals surface area contributed by atoms with Crippen LogP contribution in [-0.2, 0) is 6.54 Å². The first kappa shape index (κ1) is 24.3. The van der Waals surface area contributed by atoms with Crippen LogP contribution in [0.15, 0.2) is 23.2 Å². The van der Waals surface area contributed by atoms with Crippen molar-refractivity contribution in [3.63, 3.8) is 0 Å². The molecule has 0 amide bonds. The summed E-state index contributed by atoms with van der Waals surface area (Å²) in [6.07, 6.45) is 5.21. The van der Waals surface area contributed by atoms with Crippen LogP contribution in [0.25, 0.3) is 0 Å². The van der Waals surface area contributed by atoms with Crippen molar-refractivity contribution >= 4 is 29.9 Å². The van der Waals surface area contributed by atoms with Gasteiger partial charge in [0, 0.05) is 38.3 Å². The molecule has 1 atom stereocenters. The quantitative estimate of drug-likeness (QED) is 0.311. The standard InChI is InChI=1S/C23H38N4O.HI/c1-17(2)27-11-5-6-20(15-27)13-25-23(24-4)26-14-21-10-7-18(3)12-22(21)28-16-19-8-9-19;/h7,10,12,17,19-20H,5-6,8-9,11,13-16H2,1-4H3,(H2,24,25,26);1H. The monoisotopic (exact) mass is 514 g/mol. The third kappa shape index (κ3) is 7.96. The van der Waals surface area contributed by atoms with E-state index < -0.39 is 0 Å². The van der Waals surface area contributed by atoms with Gasteiger partial charge in [0.25, 0.3) is 0 Å². The summed E-state index contributed by atoms with van der Waals surface area (Å²) < 4.78 is 6.09. The summed E-state index contributed by atoms with van der Waals surface area (Å²) in [6, 6.07) is 7.10. The molecule has 0 aromatic heterocycles. The number of hydrogen-bond donors (Lipinski definition) is 2. The van der Waals surface area contributed by atoms with E-state index in [1.54, 1.807) is 0 Å². The molecule has 0 radical (unpaired) electrons. The molecule has 1 aromatic carbocycles. The van der Waals surface area contributed by atoms with Crippen molar-refractivity contribution in [2.45, 2.75) is 59.0 Å². The number of aliphatic imine (C=N–C) groups is 1. The molecule has 0 spiro atoms. The van der Waals surface area contributed by atoms with E-state index >= 15 is 0 Å². The predicted molar refractivity (Wildman–Crippen MR) is 132 cm³/mol. The van der Waals surface area contributed by atoms with Gasteiger partial charge in [-0.1, -0.05) is 12.1 Å². The van der Waals surface area contributed by atoms with Gasteiger partial charge in [-0.3, -0.25) is 4.99 Å². The molecule has 5 nitrogen and oxygen atoms in total. The Bertz CT molecular complexity index is 660. The summed E-state index contributed by atoms with van der Waals surface area (Å²) in [5, 5.41) is 7.00. The van der Waals surface area contributed by atoms with Crippen LogP contribution < -0.4 is 15.4 Å². The average molecular weight is 514 g/mol. The summed E-state index contributed by atoms with van der Waals surface area (Å²) in [4.78, 5) is 7.00. The third-order valence-electron chi connectivity index (χ3n) is 5.90. The lowest BCUT2D eigenvalue weighted by atomic mass is 9.97. The molecule has 2 fully saturated rings. The van der Waals surface area contributed by atoms with Crippen LogP contribution in [0.5, 0.6) is 5.75 Å². The average Bonchev–Trinajstić information content (AvgIpc) is 3.52. The van der Waals surface area contributed by atoms with Gasteiger partial charge in [0.1, 0.15) is 5.75 Å². The fourth-order valence-electron chi connectivity index (χ4n) is 3.81. The maximum absolute atomic E-state index is 6.09. The molecule has 2 N–H and O–H groups in total. The van der Waals surface area contributed by atoms with E-state index in [0.29, 0.717) is 12.0 Å². The lowest BCUT2D eigenvalue weighted by Crippen LogP contribution is -2.46. The number of nitrogens with zero attached hydrogens (tertiary/aromatic N) is 2. The second-order valence-corrected chi connectivity index (χ2v) is 8.77. The van der Waals surface area contributed by atoms with Crippen LogP contribution in [0.1, 0.15) is 50.7 Å². The van der Waals surface area contributed by atoms with Gasteiger partial charge in [0.15, 0.2) is 5.96 Å². The van der Waals surface area contributed by atoms with E-state index in [9.17, 15) is 0 Å². The maximum atomic E-state index is 6.09. The molecule has 1 unspecified atom stereocenters. The highest BCUT2D eigenvalue weighted by Crippen LogP contribution is 2.30. The minimum Gasteiger partial charge on any atom is -0.493 e. The van der Waals surface area contributed by atoms with Crippen LogP contribution in [0.2, 0.25) is 0 Å². The molecule has 29 heavy (non-hydrogen) atoms. The number of nitrogens with one attached hydrogen (secondary N) is 2. The van der Waals surface area contributed by atoms with Crippen molar-refractivity contribution in [3.05, 3.63) is 29.3 Å². The van der Waals surface area contributed by atoms with Crippen LogP contribution in [-0.4, -0.2) is 50.2 Å². The molecule has 2 aliphatic rings. The zero-order valence-electron chi connectivity index (χ0n) is 18.5. The van der Waals surface area contributed by atoms with E-state index in [0.717, 1.165) is 37.3 Å². The highest BCUT2D eigenvalue weighted by molar-refractivity contribution is 14.0. The van der Waals surface area contributed by atoms with Crippen LogP contribution >= 0.6 is 24.0 Å². The minimum absolute atomic E-state index is 0. The van der Waals surface area contributed by atoms with Crippen molar-refractivity contribution in [1.29, 1.82) is 0 Å². The number of hydrogen-bond acceptors (Lipinski definition) is 3. The molecule has 1 heterocycles. The summed E-state index contributed by atoms with van der Waals surface area (Å²) in [5.41, 5.74) is 2.43. The van der Waals surface area contributed by atoms with Crippen LogP contribution in [0, 0.1) is 18.8 Å². The largest absolute Gasteiger partial charge is 0.493 e. The molecule has 164 valence electrons. The van der Waals surface area contributed by atoms with Gasteiger partial charge in [-0.25, -0.2) is 0 Å². The number of piperidine rings is 1. The van der Waals surface area contributed by atoms with Crippen LogP contribution in [0.3, 0.4) is 0 Å². The zero-order chi connectivity index (χ0) is 19.9. The highest BCUT2D eigenvalue weighted by Gasteiger charge is 2.23. The Kier molecular flexibility index (Phi) is 10.0. The molecule has 1 aliphatic carbocycles. The number of aryl methyl sites for hydroxylation is 1. The third-order valence-corrected chi connectivity index (χ3v) is 5.90. The number of halogens is 1. The van der Waals surface area contributed by atoms with Gasteiger partial charge in [-0.15, -0.1) is 24.0 Å². The summed E-state index contributed by atoms with van der Waals surface area (Å²) in [5.74, 6) is 3.33. The minimum atomic E-state index is 0. The van der Waals surface area contributed by atoms with Gasteiger partial charge >= 0.3 is 0 Å². The van der Waals surface area contributed by atoms with E-state index in [4.69, 9.17) is 4.74 Å². The Balaban J connectivity index is 0.00000300. The predicted octanol–water partition coefficient (Wildman–Crippen LogP) is 4.19. The van der Waals surface area contributed by atoms with Gasteiger partial charge in [0.05, 0.1) is 6.61 Å². The number of benzene rings is 1. The van der Waals surface area contributed by atoms with Gasteiger partial charge in [-0.05, 0) is 76.5 Å². The molecule has 1 aliphatic heterocycles. The molecular formula is C23H39IN4O. The molecule has 1 saturated heterocycles.